The van der Waals surface area contributed by atoms with E-state index in [-0.39, 0.29) is 16.9 Å². The highest BCUT2D eigenvalue weighted by Gasteiger charge is 2.20. The van der Waals surface area contributed by atoms with E-state index in [2.05, 4.69) is 5.32 Å². The molecule has 0 unspecified atom stereocenters. The molecule has 2 aromatic carbocycles. The van der Waals surface area contributed by atoms with Gasteiger partial charge in [-0.3, -0.25) is 9.59 Å². The van der Waals surface area contributed by atoms with E-state index in [0.29, 0.717) is 11.3 Å². The van der Waals surface area contributed by atoms with E-state index in [9.17, 15) is 18.0 Å². The van der Waals surface area contributed by atoms with Gasteiger partial charge in [-0.2, -0.15) is 0 Å². The zero-order valence-electron chi connectivity index (χ0n) is 15.3. The van der Waals surface area contributed by atoms with Crippen LogP contribution in [0.3, 0.4) is 0 Å². The summed E-state index contributed by atoms with van der Waals surface area (Å²) in [4.78, 5) is 24.4. The number of benzene rings is 2. The maximum Gasteiger partial charge on any atom is 0.307 e. The maximum absolute atomic E-state index is 12.5. The predicted molar refractivity (Wildman–Crippen MR) is 99.4 cm³/mol. The van der Waals surface area contributed by atoms with Crippen LogP contribution in [-0.2, 0) is 19.4 Å². The molecule has 1 amide bonds. The zero-order chi connectivity index (χ0) is 20.0. The van der Waals surface area contributed by atoms with Gasteiger partial charge in [0.2, 0.25) is 0 Å². The van der Waals surface area contributed by atoms with Gasteiger partial charge in [-0.05, 0) is 42.0 Å². The minimum atomic E-state index is -3.34. The monoisotopic (exact) mass is 391 g/mol. The van der Waals surface area contributed by atoms with Gasteiger partial charge in [0.05, 0.1) is 31.6 Å². The summed E-state index contributed by atoms with van der Waals surface area (Å²) in [5, 5.41) is 2.78. The lowest BCUT2D eigenvalue weighted by molar-refractivity contribution is -0.141. The average Bonchev–Trinajstić information content (AvgIpc) is 2.66. The van der Waals surface area contributed by atoms with Crippen molar-refractivity contribution in [2.24, 2.45) is 0 Å². The van der Waals surface area contributed by atoms with Gasteiger partial charge in [0.25, 0.3) is 5.91 Å². The van der Waals surface area contributed by atoms with Crippen molar-refractivity contribution in [1.29, 1.82) is 0 Å². The van der Waals surface area contributed by atoms with Crippen molar-refractivity contribution in [3.05, 3.63) is 59.7 Å². The summed E-state index contributed by atoms with van der Waals surface area (Å²) in [6.07, 6.45) is 1.05. The molecule has 27 heavy (non-hydrogen) atoms. The summed E-state index contributed by atoms with van der Waals surface area (Å²) < 4.78 is 32.9. The van der Waals surface area contributed by atoms with E-state index in [1.807, 2.05) is 0 Å². The molecule has 7 nitrogen and oxygen atoms in total. The molecule has 0 bridgehead atoms. The van der Waals surface area contributed by atoms with Gasteiger partial charge in [0.15, 0.2) is 9.84 Å². The molecule has 8 heteroatoms. The quantitative estimate of drug-likeness (QED) is 0.726. The molecule has 0 radical (unpaired) electrons. The van der Waals surface area contributed by atoms with Crippen LogP contribution in [-0.4, -0.2) is 40.8 Å². The third kappa shape index (κ3) is 5.55. The molecule has 1 N–H and O–H groups in total. The van der Waals surface area contributed by atoms with Crippen LogP contribution in [0.5, 0.6) is 5.75 Å². The minimum Gasteiger partial charge on any atom is -0.497 e. The number of ether oxygens (including phenoxy) is 2. The van der Waals surface area contributed by atoms with Crippen molar-refractivity contribution in [2.45, 2.75) is 17.4 Å². The summed E-state index contributed by atoms with van der Waals surface area (Å²) in [6, 6.07) is 11.9. The third-order valence-corrected chi connectivity index (χ3v) is 5.10. The smallest absolute Gasteiger partial charge is 0.307 e. The number of carbonyl (C=O) groups excluding carboxylic acids is 2. The number of amides is 1. The fourth-order valence-electron chi connectivity index (χ4n) is 2.43. The zero-order valence-corrected chi connectivity index (χ0v) is 16.1. The van der Waals surface area contributed by atoms with Crippen LogP contribution in [0.25, 0.3) is 0 Å². The average molecular weight is 391 g/mol. The molecule has 0 aliphatic rings. The number of rotatable bonds is 7. The van der Waals surface area contributed by atoms with Gasteiger partial charge < -0.3 is 14.8 Å². The number of nitrogens with one attached hydrogen (secondary N) is 1. The van der Waals surface area contributed by atoms with Crippen molar-refractivity contribution in [3.63, 3.8) is 0 Å². The van der Waals surface area contributed by atoms with Gasteiger partial charge in [0, 0.05) is 11.8 Å². The second-order valence-electron chi connectivity index (χ2n) is 5.88. The first-order valence-corrected chi connectivity index (χ1v) is 9.95. The molecule has 2 rings (SSSR count). The summed E-state index contributed by atoms with van der Waals surface area (Å²) in [6.45, 7) is 0. The van der Waals surface area contributed by atoms with E-state index < -0.39 is 27.8 Å². The lowest BCUT2D eigenvalue weighted by Gasteiger charge is -2.18. The topological polar surface area (TPSA) is 98.8 Å². The Morgan fingerprint density at radius 2 is 1.59 bits per heavy atom. The number of hydrogen-bond donors (Lipinski definition) is 1. The highest BCUT2D eigenvalue weighted by molar-refractivity contribution is 7.90. The van der Waals surface area contributed by atoms with Crippen molar-refractivity contribution in [3.8, 4) is 5.75 Å². The van der Waals surface area contributed by atoms with Crippen LogP contribution in [0.2, 0.25) is 0 Å². The summed E-state index contributed by atoms with van der Waals surface area (Å²) in [5.41, 5.74) is 0.994. The Morgan fingerprint density at radius 3 is 2.07 bits per heavy atom. The van der Waals surface area contributed by atoms with Gasteiger partial charge in [-0.15, -0.1) is 0 Å². The molecule has 2 aromatic rings. The molecule has 0 saturated carbocycles. The molecule has 144 valence electrons. The molecule has 1 atom stereocenters. The largest absolute Gasteiger partial charge is 0.497 e. The van der Waals surface area contributed by atoms with E-state index in [4.69, 9.17) is 9.47 Å². The molecular weight excluding hydrogens is 370 g/mol. The van der Waals surface area contributed by atoms with E-state index >= 15 is 0 Å². The number of carbonyl (C=O) groups is 2. The number of methoxy groups -OCH3 is 2. The van der Waals surface area contributed by atoms with E-state index in [1.165, 1.54) is 31.4 Å². The van der Waals surface area contributed by atoms with Gasteiger partial charge in [-0.25, -0.2) is 8.42 Å². The summed E-state index contributed by atoms with van der Waals surface area (Å²) in [7, 11) is -0.521. The highest BCUT2D eigenvalue weighted by Crippen LogP contribution is 2.21. The van der Waals surface area contributed by atoms with Gasteiger partial charge in [0.1, 0.15) is 5.75 Å². The first-order valence-electron chi connectivity index (χ1n) is 8.06. The second kappa shape index (κ2) is 8.68. The molecule has 0 aliphatic heterocycles. The van der Waals surface area contributed by atoms with Crippen molar-refractivity contribution < 1.29 is 27.5 Å². The number of hydrogen-bond acceptors (Lipinski definition) is 6. The molecule has 0 saturated heterocycles. The second-order valence-corrected chi connectivity index (χ2v) is 7.89. The van der Waals surface area contributed by atoms with Gasteiger partial charge >= 0.3 is 5.97 Å². The van der Waals surface area contributed by atoms with Crippen molar-refractivity contribution >= 4 is 21.7 Å². The fourth-order valence-corrected chi connectivity index (χ4v) is 3.06. The third-order valence-electron chi connectivity index (χ3n) is 3.97. The van der Waals surface area contributed by atoms with Crippen LogP contribution in [0.1, 0.15) is 28.4 Å². The predicted octanol–water partition coefficient (Wildman–Crippen LogP) is 2.13. The van der Waals surface area contributed by atoms with Crippen LogP contribution in [0.4, 0.5) is 0 Å². The first-order chi connectivity index (χ1) is 12.7. The highest BCUT2D eigenvalue weighted by atomic mass is 32.2. The maximum atomic E-state index is 12.5. The number of sulfone groups is 1. The Kier molecular flexibility index (Phi) is 6.57. The van der Waals surface area contributed by atoms with Crippen molar-refractivity contribution in [1.82, 2.24) is 5.32 Å². The first kappa shape index (κ1) is 20.4. The van der Waals surface area contributed by atoms with Crippen LogP contribution in [0, 0.1) is 0 Å². The lowest BCUT2D eigenvalue weighted by Crippen LogP contribution is -2.30. The molecular formula is C19H21NO6S. The molecule has 0 aliphatic carbocycles. The molecule has 0 heterocycles. The summed E-state index contributed by atoms with van der Waals surface area (Å²) >= 11 is 0. The van der Waals surface area contributed by atoms with E-state index in [1.54, 1.807) is 31.4 Å². The van der Waals surface area contributed by atoms with E-state index in [0.717, 1.165) is 6.26 Å². The minimum absolute atomic E-state index is 0.0456. The van der Waals surface area contributed by atoms with Crippen LogP contribution in [0.15, 0.2) is 53.4 Å². The van der Waals surface area contributed by atoms with Crippen LogP contribution < -0.4 is 10.1 Å². The standard InChI is InChI=1S/C19H21NO6S/c1-25-15-8-4-13(5-9-15)17(12-18(21)26-2)20-19(22)14-6-10-16(11-7-14)27(3,23)24/h4-11,17H,12H2,1-3H3,(H,20,22)/t17-/m0/s1. The molecule has 0 spiro atoms. The van der Waals surface area contributed by atoms with Crippen LogP contribution >= 0.6 is 0 Å². The molecule has 0 fully saturated rings. The Morgan fingerprint density at radius 1 is 1.00 bits per heavy atom. The lowest BCUT2D eigenvalue weighted by atomic mass is 10.0. The normalized spacial score (nSPS) is 12.1. The molecule has 0 aromatic heterocycles. The van der Waals surface area contributed by atoms with Gasteiger partial charge in [-0.1, -0.05) is 12.1 Å². The Balaban J connectivity index is 2.22. The summed E-state index contributed by atoms with van der Waals surface area (Å²) in [5.74, 6) is -0.249. The number of esters is 1. The Bertz CT molecular complexity index is 904. The fraction of sp³-hybridized carbons (Fsp3) is 0.263. The van der Waals surface area contributed by atoms with Crippen molar-refractivity contribution in [2.75, 3.05) is 20.5 Å². The Hall–Kier alpha value is -2.87. The Labute approximate surface area is 158 Å². The SMILES string of the molecule is COC(=O)C[C@H](NC(=O)c1ccc(S(C)(=O)=O)cc1)c1ccc(OC)cc1.